The van der Waals surface area contributed by atoms with Crippen LogP contribution in [-0.2, 0) is 16.0 Å². The summed E-state index contributed by atoms with van der Waals surface area (Å²) < 4.78 is 5.73. The summed E-state index contributed by atoms with van der Waals surface area (Å²) in [6.07, 6.45) is 0.586. The maximum absolute atomic E-state index is 12.6. The van der Waals surface area contributed by atoms with Gasteiger partial charge in [0.2, 0.25) is 0 Å². The molecule has 0 aliphatic heterocycles. The predicted octanol–water partition coefficient (Wildman–Crippen LogP) is 4.20. The standard InChI is InChI=1S/C22H29NO3/c1-15(2)12-17-8-10-18(11-9-17)16(3)22(25)26-21(14-23-4)19-6-5-7-20(24)13-19/h5-11,13,15-16,21,23-24H,12,14H2,1-4H3/t16-,21+/m1/s1. The number of hydrogen-bond donors (Lipinski definition) is 2. The molecule has 2 rings (SSSR count). The molecule has 2 aromatic rings. The molecule has 0 heterocycles. The second-order valence-electron chi connectivity index (χ2n) is 7.14. The number of rotatable bonds is 8. The number of nitrogens with one attached hydrogen (secondary N) is 1. The minimum atomic E-state index is -0.442. The summed E-state index contributed by atoms with van der Waals surface area (Å²) in [5.41, 5.74) is 2.99. The number of phenols is 1. The van der Waals surface area contributed by atoms with Gasteiger partial charge in [-0.05, 0) is 55.1 Å². The molecule has 0 saturated heterocycles. The van der Waals surface area contributed by atoms with Gasteiger partial charge in [0.25, 0.3) is 0 Å². The number of esters is 1. The summed E-state index contributed by atoms with van der Waals surface area (Å²) in [4.78, 5) is 12.6. The molecular weight excluding hydrogens is 326 g/mol. The van der Waals surface area contributed by atoms with E-state index in [0.29, 0.717) is 12.5 Å². The van der Waals surface area contributed by atoms with Gasteiger partial charge in [0.05, 0.1) is 5.92 Å². The highest BCUT2D eigenvalue weighted by Gasteiger charge is 2.22. The molecule has 4 nitrogen and oxygen atoms in total. The Hall–Kier alpha value is -2.33. The normalized spacial score (nSPS) is 13.4. The van der Waals surface area contributed by atoms with Crippen LogP contribution in [-0.4, -0.2) is 24.7 Å². The average Bonchev–Trinajstić information content (AvgIpc) is 2.61. The fraction of sp³-hybridized carbons (Fsp3) is 0.409. The van der Waals surface area contributed by atoms with Gasteiger partial charge in [0.1, 0.15) is 11.9 Å². The predicted molar refractivity (Wildman–Crippen MR) is 104 cm³/mol. The van der Waals surface area contributed by atoms with Crippen LogP contribution < -0.4 is 5.32 Å². The first kappa shape index (κ1) is 20.0. The van der Waals surface area contributed by atoms with E-state index in [1.165, 1.54) is 5.56 Å². The van der Waals surface area contributed by atoms with Crippen molar-refractivity contribution in [3.63, 3.8) is 0 Å². The van der Waals surface area contributed by atoms with E-state index < -0.39 is 6.10 Å². The maximum atomic E-state index is 12.6. The molecule has 2 atom stereocenters. The van der Waals surface area contributed by atoms with E-state index in [0.717, 1.165) is 17.5 Å². The number of ether oxygens (including phenoxy) is 1. The number of phenolic OH excluding ortho intramolecular Hbond substituents is 1. The molecule has 0 unspecified atom stereocenters. The fourth-order valence-electron chi connectivity index (χ4n) is 2.93. The lowest BCUT2D eigenvalue weighted by molar-refractivity contribution is -0.150. The maximum Gasteiger partial charge on any atom is 0.313 e. The Morgan fingerprint density at radius 1 is 1.08 bits per heavy atom. The number of hydrogen-bond acceptors (Lipinski definition) is 4. The van der Waals surface area contributed by atoms with E-state index >= 15 is 0 Å². The molecule has 0 aliphatic rings. The Bertz CT molecular complexity index is 710. The van der Waals surface area contributed by atoms with Crippen LogP contribution in [0.25, 0.3) is 0 Å². The van der Waals surface area contributed by atoms with Gasteiger partial charge in [-0.1, -0.05) is 50.2 Å². The summed E-state index contributed by atoms with van der Waals surface area (Å²) in [6, 6.07) is 15.0. The highest BCUT2D eigenvalue weighted by molar-refractivity contribution is 5.78. The monoisotopic (exact) mass is 355 g/mol. The summed E-state index contributed by atoms with van der Waals surface area (Å²) >= 11 is 0. The minimum Gasteiger partial charge on any atom is -0.508 e. The van der Waals surface area contributed by atoms with Crippen LogP contribution in [0.5, 0.6) is 5.75 Å². The zero-order valence-corrected chi connectivity index (χ0v) is 16.0. The van der Waals surface area contributed by atoms with Gasteiger partial charge in [0, 0.05) is 6.54 Å². The van der Waals surface area contributed by atoms with Crippen molar-refractivity contribution in [1.29, 1.82) is 0 Å². The second-order valence-corrected chi connectivity index (χ2v) is 7.14. The van der Waals surface area contributed by atoms with Crippen molar-refractivity contribution >= 4 is 5.97 Å². The van der Waals surface area contributed by atoms with E-state index in [2.05, 4.69) is 31.3 Å². The first-order chi connectivity index (χ1) is 12.4. The Morgan fingerprint density at radius 3 is 2.35 bits per heavy atom. The lowest BCUT2D eigenvalue weighted by Crippen LogP contribution is -2.24. The van der Waals surface area contributed by atoms with E-state index in [1.54, 1.807) is 25.2 Å². The Morgan fingerprint density at radius 2 is 1.77 bits per heavy atom. The summed E-state index contributed by atoms with van der Waals surface area (Å²) in [7, 11) is 1.81. The lowest BCUT2D eigenvalue weighted by Gasteiger charge is -2.21. The largest absolute Gasteiger partial charge is 0.508 e. The molecule has 4 heteroatoms. The summed E-state index contributed by atoms with van der Waals surface area (Å²) in [6.45, 7) is 6.72. The molecule has 140 valence electrons. The zero-order valence-electron chi connectivity index (χ0n) is 16.0. The van der Waals surface area contributed by atoms with Crippen molar-refractivity contribution in [2.75, 3.05) is 13.6 Å². The van der Waals surface area contributed by atoms with Crippen LogP contribution >= 0.6 is 0 Å². The van der Waals surface area contributed by atoms with Crippen LogP contribution in [0.1, 0.15) is 49.5 Å². The van der Waals surface area contributed by atoms with E-state index in [1.807, 2.05) is 25.1 Å². The van der Waals surface area contributed by atoms with Crippen LogP contribution in [0, 0.1) is 5.92 Å². The molecule has 0 saturated carbocycles. The van der Waals surface area contributed by atoms with E-state index in [-0.39, 0.29) is 17.6 Å². The molecule has 0 bridgehead atoms. The molecule has 0 spiro atoms. The quantitative estimate of drug-likeness (QED) is 0.697. The van der Waals surface area contributed by atoms with Crippen molar-refractivity contribution in [1.82, 2.24) is 5.32 Å². The second kappa shape index (κ2) is 9.39. The molecule has 2 aromatic carbocycles. The molecule has 2 N–H and O–H groups in total. The van der Waals surface area contributed by atoms with Crippen LogP contribution in [0.15, 0.2) is 48.5 Å². The van der Waals surface area contributed by atoms with Crippen molar-refractivity contribution in [2.24, 2.45) is 5.92 Å². The number of carbonyl (C=O) groups is 1. The smallest absolute Gasteiger partial charge is 0.313 e. The topological polar surface area (TPSA) is 58.6 Å². The molecule has 26 heavy (non-hydrogen) atoms. The average molecular weight is 355 g/mol. The Labute approximate surface area is 156 Å². The first-order valence-electron chi connectivity index (χ1n) is 9.13. The van der Waals surface area contributed by atoms with Crippen LogP contribution in [0.4, 0.5) is 0 Å². The SMILES string of the molecule is CNC[C@H](OC(=O)[C@H](C)c1ccc(CC(C)C)cc1)c1cccc(O)c1. The Balaban J connectivity index is 2.08. The van der Waals surface area contributed by atoms with Crippen LogP contribution in [0.2, 0.25) is 0 Å². The Kier molecular flexibility index (Phi) is 7.22. The number of carbonyl (C=O) groups excluding carboxylic acids is 1. The third-order valence-electron chi connectivity index (χ3n) is 4.37. The highest BCUT2D eigenvalue weighted by Crippen LogP contribution is 2.25. The highest BCUT2D eigenvalue weighted by atomic mass is 16.5. The number of aromatic hydroxyl groups is 1. The zero-order chi connectivity index (χ0) is 19.1. The summed E-state index contributed by atoms with van der Waals surface area (Å²) in [5, 5.41) is 12.7. The molecule has 0 aromatic heterocycles. The molecule has 0 aliphatic carbocycles. The lowest BCUT2D eigenvalue weighted by atomic mass is 9.97. The van der Waals surface area contributed by atoms with Crippen molar-refractivity contribution in [2.45, 2.75) is 39.2 Å². The van der Waals surface area contributed by atoms with Gasteiger partial charge < -0.3 is 15.2 Å². The summed E-state index contributed by atoms with van der Waals surface area (Å²) in [5.74, 6) is 0.145. The van der Waals surface area contributed by atoms with Gasteiger partial charge in [-0.15, -0.1) is 0 Å². The third kappa shape index (κ3) is 5.60. The molecule has 0 fully saturated rings. The number of benzene rings is 2. The van der Waals surface area contributed by atoms with Gasteiger partial charge >= 0.3 is 5.97 Å². The third-order valence-corrected chi connectivity index (χ3v) is 4.37. The van der Waals surface area contributed by atoms with E-state index in [9.17, 15) is 9.90 Å². The number of likely N-dealkylation sites (N-methyl/N-ethyl adjacent to an activating group) is 1. The van der Waals surface area contributed by atoms with Crippen molar-refractivity contribution in [3.8, 4) is 5.75 Å². The van der Waals surface area contributed by atoms with Gasteiger partial charge in [0.15, 0.2) is 0 Å². The van der Waals surface area contributed by atoms with Gasteiger partial charge in [-0.2, -0.15) is 0 Å². The van der Waals surface area contributed by atoms with Crippen LogP contribution in [0.3, 0.4) is 0 Å². The van der Waals surface area contributed by atoms with E-state index in [4.69, 9.17) is 4.74 Å². The van der Waals surface area contributed by atoms with Gasteiger partial charge in [-0.25, -0.2) is 0 Å². The first-order valence-corrected chi connectivity index (χ1v) is 9.13. The van der Waals surface area contributed by atoms with Crippen molar-refractivity contribution < 1.29 is 14.6 Å². The fourth-order valence-corrected chi connectivity index (χ4v) is 2.93. The molecule has 0 amide bonds. The van der Waals surface area contributed by atoms with Gasteiger partial charge in [-0.3, -0.25) is 4.79 Å². The van der Waals surface area contributed by atoms with Crippen molar-refractivity contribution in [3.05, 3.63) is 65.2 Å². The minimum absolute atomic E-state index is 0.161. The molecular formula is C22H29NO3. The molecule has 0 radical (unpaired) electrons.